The molecule has 0 amide bonds. The fourth-order valence-corrected chi connectivity index (χ4v) is 4.50. The molecule has 2 nitrogen and oxygen atoms in total. The minimum Gasteiger partial charge on any atom is -0.462 e. The molecule has 0 atom stereocenters. The van der Waals surface area contributed by atoms with Gasteiger partial charge in [-0.2, -0.15) is 0 Å². The van der Waals surface area contributed by atoms with Crippen molar-refractivity contribution in [1.82, 2.24) is 0 Å². The molecule has 3 rings (SSSR count). The van der Waals surface area contributed by atoms with Crippen LogP contribution >= 0.6 is 11.8 Å². The molecule has 0 spiro atoms. The van der Waals surface area contributed by atoms with Gasteiger partial charge in [0.05, 0.1) is 12.2 Å². The Bertz CT molecular complexity index is 803. The average Bonchev–Trinajstić information content (AvgIpc) is 2.60. The van der Waals surface area contributed by atoms with Gasteiger partial charge >= 0.3 is 5.97 Å². The van der Waals surface area contributed by atoms with Gasteiger partial charge in [0, 0.05) is 9.79 Å². The lowest BCUT2D eigenvalue weighted by atomic mass is 9.63. The van der Waals surface area contributed by atoms with Crippen LogP contribution in [0.5, 0.6) is 0 Å². The largest absolute Gasteiger partial charge is 0.462 e. The molecule has 0 aliphatic heterocycles. The molecule has 0 saturated carbocycles. The quantitative estimate of drug-likeness (QED) is 0.587. The van der Waals surface area contributed by atoms with Crippen molar-refractivity contribution in [2.75, 3.05) is 6.61 Å². The van der Waals surface area contributed by atoms with E-state index in [0.29, 0.717) is 12.2 Å². The second-order valence-electron chi connectivity index (χ2n) is 8.32. The predicted octanol–water partition coefficient (Wildman–Crippen LogP) is 6.36. The van der Waals surface area contributed by atoms with Crippen molar-refractivity contribution in [2.45, 2.75) is 68.1 Å². The third-order valence-corrected chi connectivity index (χ3v) is 6.42. The second-order valence-corrected chi connectivity index (χ2v) is 9.47. The van der Waals surface area contributed by atoms with E-state index >= 15 is 0 Å². The SMILES string of the molecule is CCOC(=O)c1ccc(Sc2ccc3c(c2)C(C)(C)CCC3(C)C)cc1. The van der Waals surface area contributed by atoms with Gasteiger partial charge in [-0.25, -0.2) is 4.79 Å². The van der Waals surface area contributed by atoms with Crippen molar-refractivity contribution in [1.29, 1.82) is 0 Å². The van der Waals surface area contributed by atoms with Gasteiger partial charge in [0.25, 0.3) is 0 Å². The molecule has 0 bridgehead atoms. The summed E-state index contributed by atoms with van der Waals surface area (Å²) >= 11 is 1.74. The second kappa shape index (κ2) is 7.11. The van der Waals surface area contributed by atoms with Crippen LogP contribution in [0.3, 0.4) is 0 Å². The van der Waals surface area contributed by atoms with Crippen molar-refractivity contribution in [3.8, 4) is 0 Å². The Kier molecular flexibility index (Phi) is 5.21. The van der Waals surface area contributed by atoms with E-state index in [0.717, 1.165) is 4.90 Å². The number of hydrogen-bond donors (Lipinski definition) is 0. The summed E-state index contributed by atoms with van der Waals surface area (Å²) in [7, 11) is 0. The van der Waals surface area contributed by atoms with E-state index in [1.807, 2.05) is 31.2 Å². The van der Waals surface area contributed by atoms with Gasteiger partial charge in [-0.3, -0.25) is 0 Å². The molecule has 0 heterocycles. The summed E-state index contributed by atoms with van der Waals surface area (Å²) in [5.74, 6) is -0.262. The Morgan fingerprint density at radius 1 is 0.923 bits per heavy atom. The Hall–Kier alpha value is -1.74. The first-order valence-electron chi connectivity index (χ1n) is 9.33. The molecule has 2 aromatic carbocycles. The number of esters is 1. The van der Waals surface area contributed by atoms with Crippen LogP contribution < -0.4 is 0 Å². The highest BCUT2D eigenvalue weighted by Gasteiger charge is 2.36. The lowest BCUT2D eigenvalue weighted by molar-refractivity contribution is 0.0526. The van der Waals surface area contributed by atoms with Crippen LogP contribution in [0.1, 0.15) is 68.9 Å². The standard InChI is InChI=1S/C23H28O2S/c1-6-25-21(24)16-7-9-17(10-8-16)26-18-11-12-19-20(15-18)23(4,5)14-13-22(19,2)3/h7-12,15H,6,13-14H2,1-5H3. The molecule has 0 saturated heterocycles. The zero-order chi connectivity index (χ0) is 18.9. The minimum atomic E-state index is -0.262. The van der Waals surface area contributed by atoms with Crippen LogP contribution in [0.15, 0.2) is 52.3 Å². The molecular formula is C23H28O2S. The lowest BCUT2D eigenvalue weighted by Gasteiger charge is -2.42. The van der Waals surface area contributed by atoms with E-state index in [1.165, 1.54) is 28.9 Å². The van der Waals surface area contributed by atoms with Crippen molar-refractivity contribution in [3.05, 3.63) is 59.2 Å². The maximum Gasteiger partial charge on any atom is 0.338 e. The Morgan fingerprint density at radius 2 is 1.50 bits per heavy atom. The van der Waals surface area contributed by atoms with Gasteiger partial charge in [-0.05, 0) is 78.1 Å². The molecular weight excluding hydrogens is 340 g/mol. The summed E-state index contributed by atoms with van der Waals surface area (Å²) in [6.07, 6.45) is 2.45. The molecule has 0 N–H and O–H groups in total. The molecule has 0 aromatic heterocycles. The first-order chi connectivity index (χ1) is 12.2. The number of ether oxygens (including phenoxy) is 1. The number of carbonyl (C=O) groups excluding carboxylic acids is 1. The zero-order valence-corrected chi connectivity index (χ0v) is 17.2. The third-order valence-electron chi connectivity index (χ3n) is 5.43. The lowest BCUT2D eigenvalue weighted by Crippen LogP contribution is -2.33. The monoisotopic (exact) mass is 368 g/mol. The van der Waals surface area contributed by atoms with Crippen LogP contribution in [-0.2, 0) is 15.6 Å². The minimum absolute atomic E-state index is 0.217. The van der Waals surface area contributed by atoms with Gasteiger partial charge < -0.3 is 4.74 Å². The van der Waals surface area contributed by atoms with E-state index < -0.39 is 0 Å². The Morgan fingerprint density at radius 3 is 2.12 bits per heavy atom. The van der Waals surface area contributed by atoms with E-state index in [9.17, 15) is 4.79 Å². The van der Waals surface area contributed by atoms with Crippen molar-refractivity contribution >= 4 is 17.7 Å². The summed E-state index contributed by atoms with van der Waals surface area (Å²) in [6.45, 7) is 11.6. The summed E-state index contributed by atoms with van der Waals surface area (Å²) in [5.41, 5.74) is 4.02. The molecule has 3 heteroatoms. The highest BCUT2D eigenvalue weighted by molar-refractivity contribution is 7.99. The fourth-order valence-electron chi connectivity index (χ4n) is 3.64. The molecule has 1 aliphatic carbocycles. The average molecular weight is 369 g/mol. The normalized spacial score (nSPS) is 17.4. The number of fused-ring (bicyclic) bond motifs is 1. The van der Waals surface area contributed by atoms with Gasteiger partial charge in [0.2, 0.25) is 0 Å². The van der Waals surface area contributed by atoms with E-state index in [-0.39, 0.29) is 16.8 Å². The Labute approximate surface area is 161 Å². The van der Waals surface area contributed by atoms with E-state index in [2.05, 4.69) is 45.9 Å². The first-order valence-corrected chi connectivity index (χ1v) is 10.1. The summed E-state index contributed by atoms with van der Waals surface area (Å²) < 4.78 is 5.04. The zero-order valence-electron chi connectivity index (χ0n) is 16.4. The molecule has 0 fully saturated rings. The number of rotatable bonds is 4. The maximum atomic E-state index is 11.8. The number of hydrogen-bond acceptors (Lipinski definition) is 3. The maximum absolute atomic E-state index is 11.8. The van der Waals surface area contributed by atoms with Gasteiger partial charge in [-0.1, -0.05) is 45.5 Å². The molecule has 0 unspecified atom stereocenters. The van der Waals surface area contributed by atoms with Gasteiger partial charge in [0.1, 0.15) is 0 Å². The molecule has 138 valence electrons. The molecule has 26 heavy (non-hydrogen) atoms. The van der Waals surface area contributed by atoms with Crippen LogP contribution in [0.2, 0.25) is 0 Å². The third kappa shape index (κ3) is 3.83. The first kappa shape index (κ1) is 19.0. The van der Waals surface area contributed by atoms with Crippen molar-refractivity contribution in [2.24, 2.45) is 0 Å². The summed E-state index contributed by atoms with van der Waals surface area (Å²) in [5, 5.41) is 0. The molecule has 2 aromatic rings. The van der Waals surface area contributed by atoms with E-state index in [1.54, 1.807) is 11.8 Å². The van der Waals surface area contributed by atoms with Crippen molar-refractivity contribution in [3.63, 3.8) is 0 Å². The molecule has 1 aliphatic rings. The van der Waals surface area contributed by atoms with Gasteiger partial charge in [0.15, 0.2) is 0 Å². The Balaban J connectivity index is 1.84. The fraction of sp³-hybridized carbons (Fsp3) is 0.435. The number of benzene rings is 2. The van der Waals surface area contributed by atoms with Crippen LogP contribution in [-0.4, -0.2) is 12.6 Å². The summed E-state index contributed by atoms with van der Waals surface area (Å²) in [4.78, 5) is 14.2. The van der Waals surface area contributed by atoms with E-state index in [4.69, 9.17) is 4.74 Å². The topological polar surface area (TPSA) is 26.3 Å². The predicted molar refractivity (Wildman–Crippen MR) is 108 cm³/mol. The number of carbonyl (C=O) groups is 1. The van der Waals surface area contributed by atoms with Crippen molar-refractivity contribution < 1.29 is 9.53 Å². The van der Waals surface area contributed by atoms with Crippen LogP contribution in [0, 0.1) is 0 Å². The highest BCUT2D eigenvalue weighted by Crippen LogP contribution is 2.47. The van der Waals surface area contributed by atoms with Crippen LogP contribution in [0.25, 0.3) is 0 Å². The van der Waals surface area contributed by atoms with Gasteiger partial charge in [-0.15, -0.1) is 0 Å². The highest BCUT2D eigenvalue weighted by atomic mass is 32.2. The molecule has 0 radical (unpaired) electrons. The summed E-state index contributed by atoms with van der Waals surface area (Å²) in [6, 6.07) is 14.6. The van der Waals surface area contributed by atoms with Crippen LogP contribution in [0.4, 0.5) is 0 Å². The smallest absolute Gasteiger partial charge is 0.338 e.